The smallest absolute Gasteiger partial charge is 0.258 e. The average Bonchev–Trinajstić information content (AvgIpc) is 3.38. The highest BCUT2D eigenvalue weighted by atomic mass is 32.2. The van der Waals surface area contributed by atoms with Crippen LogP contribution in [0.5, 0.6) is 0 Å². The number of hydrogen-bond donors (Lipinski definition) is 0. The van der Waals surface area contributed by atoms with Crippen LogP contribution >= 0.6 is 0 Å². The van der Waals surface area contributed by atoms with Crippen molar-refractivity contribution >= 4 is 27.4 Å². The second-order valence-electron chi connectivity index (χ2n) is 8.22. The van der Waals surface area contributed by atoms with Crippen LogP contribution in [-0.4, -0.2) is 44.0 Å². The molecule has 6 nitrogen and oxygen atoms in total. The van der Waals surface area contributed by atoms with Crippen molar-refractivity contribution < 1.29 is 18.0 Å². The fraction of sp³-hybridized carbons (Fsp3) is 0.231. The van der Waals surface area contributed by atoms with Crippen LogP contribution in [0.1, 0.15) is 45.7 Å². The molecular weight excluding hydrogens is 436 g/mol. The summed E-state index contributed by atoms with van der Waals surface area (Å²) in [6, 6.07) is 17.7. The molecule has 0 unspecified atom stereocenters. The van der Waals surface area contributed by atoms with Crippen molar-refractivity contribution in [1.82, 2.24) is 4.31 Å². The van der Waals surface area contributed by atoms with E-state index in [0.29, 0.717) is 48.4 Å². The summed E-state index contributed by atoms with van der Waals surface area (Å²) in [6.07, 6.45) is 0.581. The Kier molecular flexibility index (Phi) is 5.18. The van der Waals surface area contributed by atoms with Crippen molar-refractivity contribution in [1.29, 1.82) is 0 Å². The molecule has 0 fully saturated rings. The molecule has 0 N–H and O–H groups in total. The van der Waals surface area contributed by atoms with E-state index in [2.05, 4.69) is 0 Å². The molecule has 1 aliphatic heterocycles. The SMILES string of the molecule is CCN(CC)S(=O)(=O)c1ccc2c(c1)CCN2C(=O)c1ccc2c(c1)C(=O)c1ccccc1-2. The highest BCUT2D eigenvalue weighted by Crippen LogP contribution is 2.38. The molecule has 2 aliphatic rings. The van der Waals surface area contributed by atoms with Gasteiger partial charge in [-0.25, -0.2) is 8.42 Å². The normalized spacial score (nSPS) is 14.4. The summed E-state index contributed by atoms with van der Waals surface area (Å²) in [5, 5.41) is 0. The van der Waals surface area contributed by atoms with Gasteiger partial charge in [-0.2, -0.15) is 4.31 Å². The topological polar surface area (TPSA) is 74.8 Å². The summed E-state index contributed by atoms with van der Waals surface area (Å²) in [7, 11) is -3.56. The van der Waals surface area contributed by atoms with E-state index >= 15 is 0 Å². The Hall–Kier alpha value is -3.29. The number of carbonyl (C=O) groups excluding carboxylic acids is 2. The van der Waals surface area contributed by atoms with Crippen LogP contribution in [0.2, 0.25) is 0 Å². The molecule has 0 bridgehead atoms. The zero-order valence-electron chi connectivity index (χ0n) is 18.5. The van der Waals surface area contributed by atoms with Gasteiger partial charge in [-0.05, 0) is 53.4 Å². The molecule has 0 atom stereocenters. The Morgan fingerprint density at radius 1 is 0.909 bits per heavy atom. The molecule has 3 aromatic rings. The average molecular weight is 461 g/mol. The number of benzene rings is 3. The predicted molar refractivity (Wildman–Crippen MR) is 127 cm³/mol. The summed E-state index contributed by atoms with van der Waals surface area (Å²) in [6.45, 7) is 4.90. The Morgan fingerprint density at radius 2 is 1.61 bits per heavy atom. The van der Waals surface area contributed by atoms with Gasteiger partial charge in [0.2, 0.25) is 10.0 Å². The van der Waals surface area contributed by atoms with Crippen LogP contribution in [0, 0.1) is 0 Å². The largest absolute Gasteiger partial charge is 0.308 e. The third kappa shape index (κ3) is 3.31. The lowest BCUT2D eigenvalue weighted by molar-refractivity contribution is 0.0989. The number of ketones is 1. The van der Waals surface area contributed by atoms with Crippen LogP contribution in [0.4, 0.5) is 5.69 Å². The molecule has 0 saturated heterocycles. The maximum Gasteiger partial charge on any atom is 0.258 e. The first kappa shape index (κ1) is 21.6. The fourth-order valence-corrected chi connectivity index (χ4v) is 6.29. The molecule has 0 spiro atoms. The van der Waals surface area contributed by atoms with Crippen molar-refractivity contribution in [3.05, 3.63) is 82.9 Å². The third-order valence-electron chi connectivity index (χ3n) is 6.51. The van der Waals surface area contributed by atoms with E-state index in [1.165, 1.54) is 4.31 Å². The molecule has 0 saturated carbocycles. The van der Waals surface area contributed by atoms with Gasteiger partial charge in [-0.3, -0.25) is 9.59 Å². The quantitative estimate of drug-likeness (QED) is 0.449. The first-order valence-corrected chi connectivity index (χ1v) is 12.5. The highest BCUT2D eigenvalue weighted by Gasteiger charge is 2.31. The first-order chi connectivity index (χ1) is 15.9. The Balaban J connectivity index is 1.46. The van der Waals surface area contributed by atoms with Gasteiger partial charge in [0.05, 0.1) is 4.90 Å². The minimum absolute atomic E-state index is 0.0664. The van der Waals surface area contributed by atoms with Crippen molar-refractivity contribution in [2.24, 2.45) is 0 Å². The maximum atomic E-state index is 13.4. The van der Waals surface area contributed by atoms with Crippen molar-refractivity contribution in [3.8, 4) is 11.1 Å². The Morgan fingerprint density at radius 3 is 2.33 bits per heavy atom. The molecule has 7 heteroatoms. The summed E-state index contributed by atoms with van der Waals surface area (Å²) in [5.74, 6) is -0.261. The van der Waals surface area contributed by atoms with E-state index < -0.39 is 10.0 Å². The summed E-state index contributed by atoms with van der Waals surface area (Å²) in [4.78, 5) is 28.1. The lowest BCUT2D eigenvalue weighted by atomic mass is 10.0. The van der Waals surface area contributed by atoms with E-state index in [9.17, 15) is 18.0 Å². The minimum Gasteiger partial charge on any atom is -0.308 e. The van der Waals surface area contributed by atoms with Crippen molar-refractivity contribution in [3.63, 3.8) is 0 Å². The number of rotatable bonds is 5. The number of fused-ring (bicyclic) bond motifs is 4. The predicted octanol–water partition coefficient (Wildman–Crippen LogP) is 4.13. The minimum atomic E-state index is -3.56. The molecule has 0 radical (unpaired) electrons. The molecule has 0 aromatic heterocycles. The second-order valence-corrected chi connectivity index (χ2v) is 10.2. The number of sulfonamides is 1. The van der Waals surface area contributed by atoms with Gasteiger partial charge in [0.1, 0.15) is 0 Å². The number of amides is 1. The Bertz CT molecular complexity index is 1410. The Labute approximate surface area is 193 Å². The molecule has 5 rings (SSSR count). The van der Waals surface area contributed by atoms with E-state index in [-0.39, 0.29) is 16.6 Å². The van der Waals surface area contributed by atoms with Gasteiger partial charge in [-0.1, -0.05) is 44.2 Å². The number of anilines is 1. The number of nitrogens with zero attached hydrogens (tertiary/aromatic N) is 2. The van der Waals surface area contributed by atoms with Crippen molar-refractivity contribution in [2.75, 3.05) is 24.5 Å². The van der Waals surface area contributed by atoms with Gasteiger partial charge in [0, 0.05) is 42.0 Å². The van der Waals surface area contributed by atoms with Gasteiger partial charge >= 0.3 is 0 Å². The lowest BCUT2D eigenvalue weighted by Gasteiger charge is -2.20. The van der Waals surface area contributed by atoms with Crippen LogP contribution in [-0.2, 0) is 16.4 Å². The van der Waals surface area contributed by atoms with E-state index in [0.717, 1.165) is 16.7 Å². The standard InChI is InChI=1S/C26H24N2O4S/c1-3-27(4-2)33(31,32)19-10-12-24-17(15-19)13-14-28(24)26(30)18-9-11-21-20-7-5-6-8-22(20)25(29)23(21)16-18/h5-12,15-16H,3-4,13-14H2,1-2H3. The zero-order chi connectivity index (χ0) is 23.3. The van der Waals surface area contributed by atoms with Crippen LogP contribution < -0.4 is 4.90 Å². The molecule has 3 aromatic carbocycles. The monoisotopic (exact) mass is 460 g/mol. The lowest BCUT2D eigenvalue weighted by Crippen LogP contribution is -2.30. The van der Waals surface area contributed by atoms with Crippen LogP contribution in [0.25, 0.3) is 11.1 Å². The second kappa shape index (κ2) is 7.93. The van der Waals surface area contributed by atoms with Gasteiger partial charge in [0.25, 0.3) is 5.91 Å². The van der Waals surface area contributed by atoms with Gasteiger partial charge in [-0.15, -0.1) is 0 Å². The molecule has 168 valence electrons. The number of carbonyl (C=O) groups is 2. The zero-order valence-corrected chi connectivity index (χ0v) is 19.4. The van der Waals surface area contributed by atoms with E-state index in [1.807, 2.05) is 38.1 Å². The van der Waals surface area contributed by atoms with Crippen molar-refractivity contribution in [2.45, 2.75) is 25.2 Å². The van der Waals surface area contributed by atoms with E-state index in [1.54, 1.807) is 41.3 Å². The molecule has 1 heterocycles. The summed E-state index contributed by atoms with van der Waals surface area (Å²) >= 11 is 0. The van der Waals surface area contributed by atoms with Crippen LogP contribution in [0.15, 0.2) is 65.6 Å². The molecule has 1 amide bonds. The fourth-order valence-electron chi connectivity index (χ4n) is 4.78. The molecule has 33 heavy (non-hydrogen) atoms. The maximum absolute atomic E-state index is 13.4. The van der Waals surface area contributed by atoms with E-state index in [4.69, 9.17) is 0 Å². The van der Waals surface area contributed by atoms with Gasteiger partial charge in [0.15, 0.2) is 5.78 Å². The molecule has 1 aliphatic carbocycles. The first-order valence-electron chi connectivity index (χ1n) is 11.1. The van der Waals surface area contributed by atoms with Gasteiger partial charge < -0.3 is 4.90 Å². The summed E-state index contributed by atoms with van der Waals surface area (Å²) in [5.41, 5.74) is 4.94. The van der Waals surface area contributed by atoms with Crippen LogP contribution in [0.3, 0.4) is 0 Å². The summed E-state index contributed by atoms with van der Waals surface area (Å²) < 4.78 is 27.2. The number of hydrogen-bond acceptors (Lipinski definition) is 4. The third-order valence-corrected chi connectivity index (χ3v) is 8.55. The molecular formula is C26H24N2O4S. The highest BCUT2D eigenvalue weighted by molar-refractivity contribution is 7.89.